The number of ether oxygens (including phenoxy) is 1. The minimum atomic E-state index is -1.07. The van der Waals surface area contributed by atoms with Gasteiger partial charge in [-0.25, -0.2) is 4.79 Å². The molecule has 1 aliphatic rings. The third kappa shape index (κ3) is 4.30. The van der Waals surface area contributed by atoms with Gasteiger partial charge in [-0.3, -0.25) is 0 Å². The highest BCUT2D eigenvalue weighted by Crippen LogP contribution is 2.15. The predicted octanol–water partition coefficient (Wildman–Crippen LogP) is -0.0930. The Balaban J connectivity index is 2.82. The molecule has 0 radical (unpaired) electrons. The Bertz CT molecular complexity index is 310. The molecule has 0 saturated heterocycles. The lowest BCUT2D eigenvalue weighted by Crippen LogP contribution is -2.37. The van der Waals surface area contributed by atoms with Crippen molar-refractivity contribution in [1.29, 1.82) is 0 Å². The molecule has 0 aliphatic carbocycles. The first-order valence-electron chi connectivity index (χ1n) is 5.64. The van der Waals surface area contributed by atoms with Gasteiger partial charge in [0.25, 0.3) is 0 Å². The predicted molar refractivity (Wildman–Crippen MR) is 61.1 cm³/mol. The van der Waals surface area contributed by atoms with E-state index in [-0.39, 0.29) is 6.42 Å². The third-order valence-electron chi connectivity index (χ3n) is 2.63. The number of hydrogen-bond donors (Lipinski definition) is 3. The molecule has 0 aromatic rings. The van der Waals surface area contributed by atoms with Gasteiger partial charge < -0.3 is 20.1 Å². The maximum atomic E-state index is 11.3. The molecule has 1 heterocycles. The number of carbonyl (C=O) groups excluding carboxylic acids is 1. The molecule has 96 valence electrons. The zero-order valence-corrected chi connectivity index (χ0v) is 9.69. The summed E-state index contributed by atoms with van der Waals surface area (Å²) in [6, 6.07) is 0. The van der Waals surface area contributed by atoms with E-state index in [0.717, 1.165) is 0 Å². The lowest BCUT2D eigenvalue weighted by molar-refractivity contribution is -0.152. The van der Waals surface area contributed by atoms with Gasteiger partial charge in [0.2, 0.25) is 0 Å². The van der Waals surface area contributed by atoms with Crippen molar-refractivity contribution < 1.29 is 24.9 Å². The van der Waals surface area contributed by atoms with Crippen LogP contribution in [0.2, 0.25) is 0 Å². The summed E-state index contributed by atoms with van der Waals surface area (Å²) in [5, 5.41) is 28.9. The molecule has 0 aromatic heterocycles. The van der Waals surface area contributed by atoms with Crippen LogP contribution in [0.1, 0.15) is 19.8 Å². The minimum Gasteiger partial charge on any atom is -0.456 e. The number of carbonyl (C=O) groups is 1. The van der Waals surface area contributed by atoms with Crippen LogP contribution in [0.4, 0.5) is 0 Å². The smallest absolute Gasteiger partial charge is 0.331 e. The van der Waals surface area contributed by atoms with Gasteiger partial charge in [-0.05, 0) is 6.42 Å². The molecule has 0 spiro atoms. The van der Waals surface area contributed by atoms with E-state index in [1.54, 1.807) is 6.92 Å². The molecule has 4 atom stereocenters. The number of allylic oxidation sites excluding steroid dienone is 2. The largest absolute Gasteiger partial charge is 0.456 e. The second-order valence-corrected chi connectivity index (χ2v) is 3.99. The van der Waals surface area contributed by atoms with Crippen molar-refractivity contribution in [3.63, 3.8) is 0 Å². The number of esters is 1. The zero-order chi connectivity index (χ0) is 12.8. The zero-order valence-electron chi connectivity index (χ0n) is 9.69. The molecule has 1 unspecified atom stereocenters. The highest BCUT2D eigenvalue weighted by atomic mass is 16.6. The first-order chi connectivity index (χ1) is 8.04. The average molecular weight is 242 g/mol. The quantitative estimate of drug-likeness (QED) is 0.589. The lowest BCUT2D eigenvalue weighted by atomic mass is 10.0. The molecule has 0 bridgehead atoms. The van der Waals surface area contributed by atoms with Gasteiger partial charge >= 0.3 is 5.97 Å². The monoisotopic (exact) mass is 242 g/mol. The van der Waals surface area contributed by atoms with E-state index in [2.05, 4.69) is 0 Å². The maximum absolute atomic E-state index is 11.3. The van der Waals surface area contributed by atoms with Crippen LogP contribution in [0.3, 0.4) is 0 Å². The van der Waals surface area contributed by atoms with Gasteiger partial charge in [0.05, 0.1) is 18.3 Å². The van der Waals surface area contributed by atoms with Crippen LogP contribution >= 0.6 is 0 Å². The fraction of sp³-hybridized carbons (Fsp3) is 0.583. The molecule has 3 N–H and O–H groups in total. The fourth-order valence-electron chi connectivity index (χ4n) is 1.55. The Hall–Kier alpha value is -1.17. The molecule has 0 aromatic carbocycles. The summed E-state index contributed by atoms with van der Waals surface area (Å²) in [5.41, 5.74) is 0. The number of aliphatic hydroxyl groups is 3. The van der Waals surface area contributed by atoms with Crippen LogP contribution in [-0.2, 0) is 9.53 Å². The van der Waals surface area contributed by atoms with Gasteiger partial charge in [-0.1, -0.05) is 25.2 Å². The van der Waals surface area contributed by atoms with Crippen molar-refractivity contribution in [2.75, 3.05) is 0 Å². The molecule has 0 saturated carbocycles. The van der Waals surface area contributed by atoms with Gasteiger partial charge in [0.15, 0.2) is 0 Å². The summed E-state index contributed by atoms with van der Waals surface area (Å²) in [4.78, 5) is 11.3. The lowest BCUT2D eigenvalue weighted by Gasteiger charge is -2.25. The number of hydrogen-bond acceptors (Lipinski definition) is 5. The summed E-state index contributed by atoms with van der Waals surface area (Å²) >= 11 is 0. The van der Waals surface area contributed by atoms with Gasteiger partial charge in [0.1, 0.15) is 6.10 Å². The molecule has 1 rings (SSSR count). The van der Waals surface area contributed by atoms with Crippen LogP contribution in [-0.4, -0.2) is 45.7 Å². The van der Waals surface area contributed by atoms with Gasteiger partial charge in [0, 0.05) is 12.5 Å². The van der Waals surface area contributed by atoms with Crippen LogP contribution in [0.15, 0.2) is 24.3 Å². The van der Waals surface area contributed by atoms with E-state index in [9.17, 15) is 20.1 Å². The first kappa shape index (κ1) is 13.9. The van der Waals surface area contributed by atoms with E-state index >= 15 is 0 Å². The van der Waals surface area contributed by atoms with Crippen molar-refractivity contribution in [3.8, 4) is 0 Å². The van der Waals surface area contributed by atoms with Crippen molar-refractivity contribution >= 4 is 5.97 Å². The Labute approximate surface area is 100 Å². The van der Waals surface area contributed by atoms with E-state index in [1.807, 2.05) is 0 Å². The Kier molecular flexibility index (Phi) is 5.34. The van der Waals surface area contributed by atoms with E-state index in [4.69, 9.17) is 4.74 Å². The Morgan fingerprint density at radius 1 is 1.47 bits per heavy atom. The third-order valence-corrected chi connectivity index (χ3v) is 2.63. The number of rotatable bonds is 2. The second kappa shape index (κ2) is 6.54. The van der Waals surface area contributed by atoms with Gasteiger partial charge in [-0.2, -0.15) is 0 Å². The highest BCUT2D eigenvalue weighted by molar-refractivity contribution is 5.82. The van der Waals surface area contributed by atoms with Crippen LogP contribution in [0, 0.1) is 0 Å². The number of aliphatic hydroxyl groups excluding tert-OH is 3. The molecule has 5 heteroatoms. The molecule has 17 heavy (non-hydrogen) atoms. The number of cyclic esters (lactones) is 1. The van der Waals surface area contributed by atoms with E-state index in [0.29, 0.717) is 6.42 Å². The highest BCUT2D eigenvalue weighted by Gasteiger charge is 2.27. The average Bonchev–Trinajstić information content (AvgIpc) is 2.31. The van der Waals surface area contributed by atoms with Crippen LogP contribution < -0.4 is 0 Å². The Morgan fingerprint density at radius 3 is 2.82 bits per heavy atom. The second-order valence-electron chi connectivity index (χ2n) is 3.99. The molecular formula is C12H18O5. The SMILES string of the molecule is CCC(O)[C@@H]1C[C@H](O)[C@@H](O)/C=C/C=C\C(=O)O1. The van der Waals surface area contributed by atoms with E-state index in [1.165, 1.54) is 24.3 Å². The van der Waals surface area contributed by atoms with Crippen molar-refractivity contribution in [2.45, 2.75) is 44.2 Å². The molecule has 0 fully saturated rings. The van der Waals surface area contributed by atoms with Crippen molar-refractivity contribution in [3.05, 3.63) is 24.3 Å². The Morgan fingerprint density at radius 2 is 2.18 bits per heavy atom. The fourth-order valence-corrected chi connectivity index (χ4v) is 1.55. The molecule has 5 nitrogen and oxygen atoms in total. The minimum absolute atomic E-state index is 0.0000926. The summed E-state index contributed by atoms with van der Waals surface area (Å²) < 4.78 is 5.02. The summed E-state index contributed by atoms with van der Waals surface area (Å²) in [5.74, 6) is -0.573. The standard InChI is InChI=1S/C12H18O5/c1-2-8(13)11-7-10(15)9(14)5-3-4-6-12(16)17-11/h3-6,8-11,13-15H,2,7H2,1H3/b5-3+,6-4-/t8?,9-,10-,11-/m0/s1. The maximum Gasteiger partial charge on any atom is 0.331 e. The van der Waals surface area contributed by atoms with Crippen molar-refractivity contribution in [1.82, 2.24) is 0 Å². The van der Waals surface area contributed by atoms with Crippen LogP contribution in [0.25, 0.3) is 0 Å². The molecule has 1 aliphatic heterocycles. The molecular weight excluding hydrogens is 224 g/mol. The normalized spacial score (nSPS) is 35.8. The topological polar surface area (TPSA) is 87.0 Å². The summed E-state index contributed by atoms with van der Waals surface area (Å²) in [7, 11) is 0. The molecule has 0 amide bonds. The van der Waals surface area contributed by atoms with Crippen LogP contribution in [0.5, 0.6) is 0 Å². The van der Waals surface area contributed by atoms with Gasteiger partial charge in [-0.15, -0.1) is 0 Å². The van der Waals surface area contributed by atoms with E-state index < -0.39 is 30.4 Å². The van der Waals surface area contributed by atoms with Crippen molar-refractivity contribution in [2.24, 2.45) is 0 Å². The summed E-state index contributed by atoms with van der Waals surface area (Å²) in [6.07, 6.45) is 2.10. The first-order valence-corrected chi connectivity index (χ1v) is 5.64. The summed E-state index contributed by atoms with van der Waals surface area (Å²) in [6.45, 7) is 1.75.